The molecule has 0 unspecified atom stereocenters. The van der Waals surface area contributed by atoms with Gasteiger partial charge in [-0.2, -0.15) is 0 Å². The van der Waals surface area contributed by atoms with Gasteiger partial charge in [-0.25, -0.2) is 9.37 Å². The van der Waals surface area contributed by atoms with Gasteiger partial charge in [0.2, 0.25) is 5.82 Å². The van der Waals surface area contributed by atoms with Crippen LogP contribution in [-0.4, -0.2) is 10.3 Å². The number of hydrogen-bond acceptors (Lipinski definition) is 4. The van der Waals surface area contributed by atoms with E-state index in [-0.39, 0.29) is 0 Å². The summed E-state index contributed by atoms with van der Waals surface area (Å²) in [6, 6.07) is 41.2. The van der Waals surface area contributed by atoms with Gasteiger partial charge in [-0.1, -0.05) is 121 Å². The molecule has 1 aromatic heterocycles. The van der Waals surface area contributed by atoms with Crippen molar-refractivity contribution in [3.8, 4) is 11.3 Å². The maximum atomic E-state index is 5.38. The highest BCUT2D eigenvalue weighted by atomic mass is 31.2. The Morgan fingerprint density at radius 2 is 0.935 bits per heavy atom. The van der Waals surface area contributed by atoms with Crippen LogP contribution in [0.1, 0.15) is 0 Å². The Balaban J connectivity index is 1.88. The fraction of sp³-hybridized carbons (Fsp3) is 0. The summed E-state index contributed by atoms with van der Waals surface area (Å²) in [5.74, 6) is 0.510. The Morgan fingerprint density at radius 3 is 1.39 bits per heavy atom. The largest absolute Gasteiger partial charge is 0.242 e. The van der Waals surface area contributed by atoms with Crippen LogP contribution in [0, 0.1) is 0 Å². The fourth-order valence-electron chi connectivity index (χ4n) is 3.72. The van der Waals surface area contributed by atoms with Gasteiger partial charge in [0.25, 0.3) is 0 Å². The first-order valence-electron chi connectivity index (χ1n) is 10.0. The van der Waals surface area contributed by atoms with E-state index in [2.05, 4.69) is 83.1 Å². The van der Waals surface area contributed by atoms with Crippen molar-refractivity contribution in [1.82, 2.24) is 10.3 Å². The quantitative estimate of drug-likeness (QED) is 0.350. The van der Waals surface area contributed by atoms with Gasteiger partial charge in [0.15, 0.2) is 5.69 Å². The first-order valence-corrected chi connectivity index (χ1v) is 11.8. The third kappa shape index (κ3) is 3.63. The van der Waals surface area contributed by atoms with Crippen molar-refractivity contribution in [3.05, 3.63) is 121 Å². The van der Waals surface area contributed by atoms with Crippen molar-refractivity contribution >= 4 is 28.8 Å². The molecule has 0 fully saturated rings. The summed E-state index contributed by atoms with van der Waals surface area (Å²) in [4.78, 5) is 0. The lowest BCUT2D eigenvalue weighted by molar-refractivity contribution is 0.310. The van der Waals surface area contributed by atoms with Gasteiger partial charge in [0.1, 0.15) is 0 Å². The molecule has 0 N–H and O–H groups in total. The van der Waals surface area contributed by atoms with Crippen LogP contribution < -0.4 is 15.9 Å². The molecule has 0 atom stereocenters. The highest BCUT2D eigenvalue weighted by Gasteiger charge is 2.29. The number of rotatable bonds is 5. The van der Waals surface area contributed by atoms with Crippen LogP contribution in [0.25, 0.3) is 11.3 Å². The molecular formula is C26H20N3OP. The van der Waals surface area contributed by atoms with Gasteiger partial charge in [0, 0.05) is 21.5 Å². The Bertz CT molecular complexity index is 1220. The molecule has 0 spiro atoms. The molecular weight excluding hydrogens is 401 g/mol. The molecule has 150 valence electrons. The zero-order valence-electron chi connectivity index (χ0n) is 16.7. The molecule has 0 aliphatic heterocycles. The number of nitrogens with zero attached hydrogens (tertiary/aromatic N) is 3. The van der Waals surface area contributed by atoms with E-state index in [1.807, 2.05) is 48.5 Å². The zero-order valence-corrected chi connectivity index (χ0v) is 17.6. The molecule has 0 radical (unpaired) electrons. The summed E-state index contributed by atoms with van der Waals surface area (Å²) < 4.78 is 10.6. The third-order valence-electron chi connectivity index (χ3n) is 5.15. The van der Waals surface area contributed by atoms with E-state index >= 15 is 0 Å². The molecule has 1 heterocycles. The summed E-state index contributed by atoms with van der Waals surface area (Å²) in [5, 5.41) is 11.9. The lowest BCUT2D eigenvalue weighted by Crippen LogP contribution is -2.25. The lowest BCUT2D eigenvalue weighted by Gasteiger charge is -2.26. The van der Waals surface area contributed by atoms with E-state index in [0.29, 0.717) is 11.5 Å². The Morgan fingerprint density at radius 1 is 0.516 bits per heavy atom. The first-order chi connectivity index (χ1) is 15.4. The van der Waals surface area contributed by atoms with Crippen LogP contribution in [0.3, 0.4) is 0 Å². The topological polar surface area (TPSA) is 51.3 Å². The summed E-state index contributed by atoms with van der Waals surface area (Å²) in [7, 11) is -2.43. The standard InChI is InChI=1S/C26H20N3OP/c1-5-13-21(14-6-1)25-26(28-30-27-25)29-31(22-15-7-2-8-16-22,23-17-9-3-10-18-23)24-19-11-4-12-20-24/h1-20H. The van der Waals surface area contributed by atoms with E-state index in [0.717, 1.165) is 21.5 Å². The molecule has 0 aliphatic carbocycles. The predicted molar refractivity (Wildman–Crippen MR) is 127 cm³/mol. The van der Waals surface area contributed by atoms with Crippen molar-refractivity contribution < 1.29 is 4.63 Å². The Kier molecular flexibility index (Phi) is 5.30. The number of aromatic nitrogens is 2. The van der Waals surface area contributed by atoms with Crippen molar-refractivity contribution in [2.45, 2.75) is 0 Å². The molecule has 4 nitrogen and oxygen atoms in total. The average Bonchev–Trinajstić information content (AvgIpc) is 3.33. The monoisotopic (exact) mass is 421 g/mol. The second-order valence-electron chi connectivity index (χ2n) is 7.04. The minimum Gasteiger partial charge on any atom is -0.242 e. The van der Waals surface area contributed by atoms with Gasteiger partial charge < -0.3 is 0 Å². The van der Waals surface area contributed by atoms with Gasteiger partial charge >= 0.3 is 0 Å². The molecule has 5 rings (SSSR count). The lowest BCUT2D eigenvalue weighted by atomic mass is 10.2. The van der Waals surface area contributed by atoms with Crippen LogP contribution in [0.15, 0.2) is 131 Å². The summed E-state index contributed by atoms with van der Waals surface area (Å²) in [6.45, 7) is 0. The van der Waals surface area contributed by atoms with Crippen molar-refractivity contribution in [3.63, 3.8) is 0 Å². The molecule has 31 heavy (non-hydrogen) atoms. The highest BCUT2D eigenvalue weighted by molar-refractivity contribution is 7.87. The van der Waals surface area contributed by atoms with Crippen LogP contribution in [0.2, 0.25) is 0 Å². The maximum Gasteiger partial charge on any atom is 0.224 e. The minimum absolute atomic E-state index is 0.510. The molecule has 0 saturated heterocycles. The molecule has 0 bridgehead atoms. The summed E-state index contributed by atoms with van der Waals surface area (Å²) in [6.07, 6.45) is 0. The van der Waals surface area contributed by atoms with Crippen LogP contribution in [-0.2, 0) is 0 Å². The summed E-state index contributed by atoms with van der Waals surface area (Å²) in [5.41, 5.74) is 1.57. The predicted octanol–water partition coefficient (Wildman–Crippen LogP) is 5.55. The first kappa shape index (κ1) is 19.2. The van der Waals surface area contributed by atoms with E-state index in [9.17, 15) is 0 Å². The van der Waals surface area contributed by atoms with E-state index in [1.165, 1.54) is 0 Å². The summed E-state index contributed by atoms with van der Waals surface area (Å²) >= 11 is 0. The Labute approximate surface area is 181 Å². The van der Waals surface area contributed by atoms with Crippen molar-refractivity contribution in [2.75, 3.05) is 0 Å². The maximum absolute atomic E-state index is 5.38. The van der Waals surface area contributed by atoms with E-state index in [1.54, 1.807) is 0 Å². The average molecular weight is 421 g/mol. The molecule has 5 aromatic rings. The highest BCUT2D eigenvalue weighted by Crippen LogP contribution is 2.50. The van der Waals surface area contributed by atoms with Gasteiger partial charge in [0.05, 0.1) is 7.05 Å². The van der Waals surface area contributed by atoms with Crippen LogP contribution in [0.4, 0.5) is 5.82 Å². The minimum atomic E-state index is -2.43. The van der Waals surface area contributed by atoms with Gasteiger partial charge in [-0.15, -0.1) is 0 Å². The van der Waals surface area contributed by atoms with Gasteiger partial charge in [-0.05, 0) is 10.3 Å². The zero-order chi connectivity index (χ0) is 20.9. The normalized spacial score (nSPS) is 11.2. The third-order valence-corrected chi connectivity index (χ3v) is 8.78. The van der Waals surface area contributed by atoms with Crippen molar-refractivity contribution in [2.24, 2.45) is 4.74 Å². The van der Waals surface area contributed by atoms with Crippen molar-refractivity contribution in [1.29, 1.82) is 0 Å². The number of benzene rings is 4. The van der Waals surface area contributed by atoms with E-state index < -0.39 is 7.05 Å². The second kappa shape index (κ2) is 8.55. The molecule has 0 amide bonds. The SMILES string of the molecule is c1ccc(-c2nonc2N=P(c2ccccc2)(c2ccccc2)c2ccccc2)cc1. The van der Waals surface area contributed by atoms with E-state index in [4.69, 9.17) is 9.37 Å². The molecule has 4 aromatic carbocycles. The fourth-order valence-corrected chi connectivity index (χ4v) is 7.19. The van der Waals surface area contributed by atoms with Crippen LogP contribution in [0.5, 0.6) is 0 Å². The van der Waals surface area contributed by atoms with Crippen LogP contribution >= 0.6 is 7.05 Å². The molecule has 0 saturated carbocycles. The Hall–Kier alpha value is -3.75. The molecule has 0 aliphatic rings. The smallest absolute Gasteiger partial charge is 0.224 e. The molecule has 5 heteroatoms. The second-order valence-corrected chi connectivity index (χ2v) is 10.1. The van der Waals surface area contributed by atoms with Gasteiger partial charge in [-0.3, -0.25) is 0 Å². The number of hydrogen-bond donors (Lipinski definition) is 0.